The molecule has 0 spiro atoms. The number of rotatable bonds is 2. The zero-order valence-corrected chi connectivity index (χ0v) is 11.4. The molecule has 0 aliphatic carbocycles. The fourth-order valence-electron chi connectivity index (χ4n) is 0.691. The van der Waals surface area contributed by atoms with Crippen molar-refractivity contribution in [3.8, 4) is 6.07 Å². The van der Waals surface area contributed by atoms with Gasteiger partial charge in [-0.1, -0.05) is 20.8 Å². The monoisotopic (exact) mass is 211 g/mol. The van der Waals surface area contributed by atoms with Crippen molar-refractivity contribution in [3.63, 3.8) is 0 Å². The summed E-state index contributed by atoms with van der Waals surface area (Å²) in [5.41, 5.74) is 0.676. The van der Waals surface area contributed by atoms with Crippen LogP contribution in [0.15, 0.2) is 11.3 Å². The summed E-state index contributed by atoms with van der Waals surface area (Å²) in [7, 11) is -1.76. The van der Waals surface area contributed by atoms with Gasteiger partial charge < -0.3 is 4.43 Å². The second-order valence-corrected chi connectivity index (χ2v) is 9.88. The van der Waals surface area contributed by atoms with Crippen molar-refractivity contribution < 1.29 is 4.43 Å². The highest BCUT2D eigenvalue weighted by atomic mass is 28.4. The van der Waals surface area contributed by atoms with Gasteiger partial charge in [0.25, 0.3) is 0 Å². The van der Waals surface area contributed by atoms with Crippen LogP contribution in [0.5, 0.6) is 0 Å². The van der Waals surface area contributed by atoms with Crippen molar-refractivity contribution in [1.82, 2.24) is 0 Å². The number of nitriles is 1. The number of hydrogen-bond donors (Lipinski definition) is 0. The van der Waals surface area contributed by atoms with Crippen LogP contribution in [0.4, 0.5) is 0 Å². The number of hydrogen-bond acceptors (Lipinski definition) is 2. The lowest BCUT2D eigenvalue weighted by molar-refractivity contribution is 0.382. The predicted octanol–water partition coefficient (Wildman–Crippen LogP) is 3.83. The molecule has 0 aromatic rings. The van der Waals surface area contributed by atoms with Crippen LogP contribution in [0.3, 0.4) is 0 Å². The maximum Gasteiger partial charge on any atom is 0.250 e. The summed E-state index contributed by atoms with van der Waals surface area (Å²) in [6.45, 7) is 14.6. The molecule has 0 fully saturated rings. The van der Waals surface area contributed by atoms with E-state index in [1.165, 1.54) is 0 Å². The molecule has 14 heavy (non-hydrogen) atoms. The van der Waals surface area contributed by atoms with Gasteiger partial charge in [0.2, 0.25) is 8.32 Å². The lowest BCUT2D eigenvalue weighted by Crippen LogP contribution is -2.40. The molecule has 0 aliphatic rings. The summed E-state index contributed by atoms with van der Waals surface area (Å²) in [6.07, 6.45) is 0. The first-order valence-electron chi connectivity index (χ1n) is 4.88. The first-order valence-corrected chi connectivity index (χ1v) is 7.79. The van der Waals surface area contributed by atoms with E-state index in [1.54, 1.807) is 6.92 Å². The van der Waals surface area contributed by atoms with Gasteiger partial charge in [-0.2, -0.15) is 5.26 Å². The molecule has 0 atom stereocenters. The molecule has 0 N–H and O–H groups in total. The molecule has 3 heteroatoms. The molecular formula is C11H21NOSi. The van der Waals surface area contributed by atoms with Gasteiger partial charge in [0.1, 0.15) is 0 Å². The summed E-state index contributed by atoms with van der Waals surface area (Å²) in [5, 5.41) is 8.92. The Bertz CT molecular complexity index is 279. The van der Waals surface area contributed by atoms with Gasteiger partial charge in [0, 0.05) is 0 Å². The van der Waals surface area contributed by atoms with E-state index in [1.807, 2.05) is 6.92 Å². The highest BCUT2D eigenvalue weighted by Gasteiger charge is 2.39. The van der Waals surface area contributed by atoms with Crippen LogP contribution in [0.1, 0.15) is 34.6 Å². The van der Waals surface area contributed by atoms with E-state index >= 15 is 0 Å². The summed E-state index contributed by atoms with van der Waals surface area (Å²) in [4.78, 5) is 0. The molecule has 0 rings (SSSR count). The van der Waals surface area contributed by atoms with Crippen LogP contribution in [-0.2, 0) is 4.43 Å². The standard InChI is InChI=1S/C11H21NOSi/c1-9(8-12)10(2)13-14(6,7)11(3,4)5/h1-7H3/b10-9-. The highest BCUT2D eigenvalue weighted by molar-refractivity contribution is 6.74. The maximum atomic E-state index is 8.73. The molecule has 0 saturated heterocycles. The first-order chi connectivity index (χ1) is 6.12. The molecule has 0 unspecified atom stereocenters. The number of nitrogens with zero attached hydrogens (tertiary/aromatic N) is 1. The van der Waals surface area contributed by atoms with E-state index in [2.05, 4.69) is 39.9 Å². The van der Waals surface area contributed by atoms with Crippen molar-refractivity contribution in [1.29, 1.82) is 5.26 Å². The van der Waals surface area contributed by atoms with E-state index in [0.29, 0.717) is 5.57 Å². The van der Waals surface area contributed by atoms with Crippen LogP contribution >= 0.6 is 0 Å². The minimum absolute atomic E-state index is 0.185. The largest absolute Gasteiger partial charge is 0.546 e. The Kier molecular flexibility index (Phi) is 3.96. The van der Waals surface area contributed by atoms with E-state index in [4.69, 9.17) is 9.69 Å². The van der Waals surface area contributed by atoms with E-state index < -0.39 is 8.32 Å². The van der Waals surface area contributed by atoms with Gasteiger partial charge in [-0.15, -0.1) is 0 Å². The predicted molar refractivity (Wildman–Crippen MR) is 62.3 cm³/mol. The lowest BCUT2D eigenvalue weighted by atomic mass is 10.2. The topological polar surface area (TPSA) is 33.0 Å². The zero-order chi connectivity index (χ0) is 11.6. The Hall–Kier alpha value is -0.753. The van der Waals surface area contributed by atoms with Crippen LogP contribution < -0.4 is 0 Å². The van der Waals surface area contributed by atoms with Gasteiger partial charge in [-0.25, -0.2) is 0 Å². The van der Waals surface area contributed by atoms with Crippen molar-refractivity contribution in [2.45, 2.75) is 52.8 Å². The van der Waals surface area contributed by atoms with Gasteiger partial charge in [-0.3, -0.25) is 0 Å². The SMILES string of the molecule is C/C(C#N)=C(\C)O[Si](C)(C)C(C)(C)C. The summed E-state index contributed by atoms with van der Waals surface area (Å²) in [5.74, 6) is 0.777. The second-order valence-electron chi connectivity index (χ2n) is 5.16. The number of allylic oxidation sites excluding steroid dienone is 2. The van der Waals surface area contributed by atoms with Crippen LogP contribution in [0.2, 0.25) is 18.1 Å². The smallest absolute Gasteiger partial charge is 0.250 e. The van der Waals surface area contributed by atoms with Crippen LogP contribution in [-0.4, -0.2) is 8.32 Å². The lowest BCUT2D eigenvalue weighted by Gasteiger charge is -2.36. The molecule has 80 valence electrons. The second kappa shape index (κ2) is 4.18. The quantitative estimate of drug-likeness (QED) is 0.395. The average molecular weight is 211 g/mol. The zero-order valence-electron chi connectivity index (χ0n) is 10.4. The molecule has 0 aromatic carbocycles. The Balaban J connectivity index is 4.80. The molecule has 0 saturated carbocycles. The molecule has 0 radical (unpaired) electrons. The van der Waals surface area contributed by atoms with Crippen molar-refractivity contribution >= 4 is 8.32 Å². The van der Waals surface area contributed by atoms with Crippen LogP contribution in [0, 0.1) is 11.3 Å². The van der Waals surface area contributed by atoms with E-state index in [-0.39, 0.29) is 5.04 Å². The Morgan fingerprint density at radius 1 is 1.21 bits per heavy atom. The highest BCUT2D eigenvalue weighted by Crippen LogP contribution is 2.38. The van der Waals surface area contributed by atoms with E-state index in [0.717, 1.165) is 5.76 Å². The Labute approximate surface area is 88.7 Å². The van der Waals surface area contributed by atoms with Crippen molar-refractivity contribution in [3.05, 3.63) is 11.3 Å². The minimum Gasteiger partial charge on any atom is -0.546 e. The maximum absolute atomic E-state index is 8.73. The van der Waals surface area contributed by atoms with Gasteiger partial charge in [0.05, 0.1) is 17.4 Å². The average Bonchev–Trinajstić information content (AvgIpc) is 2.00. The third kappa shape index (κ3) is 3.19. The van der Waals surface area contributed by atoms with Gasteiger partial charge in [0.15, 0.2) is 0 Å². The third-order valence-electron chi connectivity index (χ3n) is 2.91. The first kappa shape index (κ1) is 13.2. The molecule has 0 amide bonds. The third-order valence-corrected chi connectivity index (χ3v) is 7.34. The fraction of sp³-hybridized carbons (Fsp3) is 0.727. The van der Waals surface area contributed by atoms with Crippen LogP contribution in [0.25, 0.3) is 0 Å². The molecule has 0 bridgehead atoms. The summed E-state index contributed by atoms with van der Waals surface area (Å²) >= 11 is 0. The molecular weight excluding hydrogens is 190 g/mol. The van der Waals surface area contributed by atoms with Gasteiger partial charge >= 0.3 is 0 Å². The van der Waals surface area contributed by atoms with Gasteiger partial charge in [-0.05, 0) is 32.0 Å². The Morgan fingerprint density at radius 3 is 1.93 bits per heavy atom. The van der Waals surface area contributed by atoms with E-state index in [9.17, 15) is 0 Å². The molecule has 0 heterocycles. The molecule has 0 aromatic heterocycles. The normalized spacial score (nSPS) is 14.4. The molecule has 2 nitrogen and oxygen atoms in total. The Morgan fingerprint density at radius 2 is 1.64 bits per heavy atom. The summed E-state index contributed by atoms with van der Waals surface area (Å²) in [6, 6.07) is 2.12. The molecule has 0 aliphatic heterocycles. The van der Waals surface area contributed by atoms with Crippen molar-refractivity contribution in [2.24, 2.45) is 0 Å². The minimum atomic E-state index is -1.76. The van der Waals surface area contributed by atoms with Crippen molar-refractivity contribution in [2.75, 3.05) is 0 Å². The summed E-state index contributed by atoms with van der Waals surface area (Å²) < 4.78 is 5.95. The fourth-order valence-corrected chi connectivity index (χ4v) is 1.92.